The van der Waals surface area contributed by atoms with Gasteiger partial charge < -0.3 is 25.8 Å². The van der Waals surface area contributed by atoms with Crippen molar-refractivity contribution in [3.05, 3.63) is 0 Å². The van der Waals surface area contributed by atoms with Gasteiger partial charge in [-0.05, 0) is 13.8 Å². The lowest BCUT2D eigenvalue weighted by atomic mass is 9.86. The first-order valence-corrected chi connectivity index (χ1v) is 4.30. The van der Waals surface area contributed by atoms with Gasteiger partial charge in [0, 0.05) is 0 Å². The number of aliphatic hydroxyl groups is 3. The molecule has 0 aromatic rings. The fourth-order valence-corrected chi connectivity index (χ4v) is 1.53. The number of aliphatic hydroxyl groups excluding tert-OH is 3. The van der Waals surface area contributed by atoms with Gasteiger partial charge in [-0.3, -0.25) is 0 Å². The Kier molecular flexibility index (Phi) is 2.94. The molecular formula is C8H17NO4. The molecule has 78 valence electrons. The molecular weight excluding hydrogens is 174 g/mol. The zero-order valence-electron chi connectivity index (χ0n) is 7.84. The molecule has 0 spiro atoms. The van der Waals surface area contributed by atoms with Crippen LogP contribution in [0.15, 0.2) is 0 Å². The normalized spacial score (nSPS) is 44.8. The molecule has 5 N–H and O–H groups in total. The molecule has 1 heterocycles. The zero-order chi connectivity index (χ0) is 10.2. The molecule has 0 amide bonds. The van der Waals surface area contributed by atoms with Crippen molar-refractivity contribution in [1.82, 2.24) is 0 Å². The first kappa shape index (κ1) is 10.9. The number of nitrogens with two attached hydrogens (primary N) is 1. The summed E-state index contributed by atoms with van der Waals surface area (Å²) in [5.74, 6) is 0. The summed E-state index contributed by atoms with van der Waals surface area (Å²) in [6.07, 6.45) is -2.93. The molecule has 0 aliphatic carbocycles. The Bertz CT molecular complexity index is 183. The average molecular weight is 191 g/mol. The Balaban J connectivity index is 2.79. The maximum Gasteiger partial charge on any atom is 0.110 e. The summed E-state index contributed by atoms with van der Waals surface area (Å²) in [4.78, 5) is 0. The van der Waals surface area contributed by atoms with Crippen LogP contribution in [0.1, 0.15) is 13.8 Å². The van der Waals surface area contributed by atoms with Crippen molar-refractivity contribution in [2.24, 2.45) is 5.73 Å². The second-order valence-corrected chi connectivity index (χ2v) is 3.95. The van der Waals surface area contributed by atoms with E-state index >= 15 is 0 Å². The highest BCUT2D eigenvalue weighted by molar-refractivity contribution is 4.99. The fourth-order valence-electron chi connectivity index (χ4n) is 1.53. The Morgan fingerprint density at radius 2 is 1.85 bits per heavy atom. The molecule has 0 bridgehead atoms. The van der Waals surface area contributed by atoms with Gasteiger partial charge in [0.2, 0.25) is 0 Å². The predicted molar refractivity (Wildman–Crippen MR) is 46.0 cm³/mol. The SMILES string of the molecule is CC1(C)OC(CO)C(O)C(O)C1N. The van der Waals surface area contributed by atoms with Gasteiger partial charge >= 0.3 is 0 Å². The van der Waals surface area contributed by atoms with E-state index in [1.54, 1.807) is 13.8 Å². The van der Waals surface area contributed by atoms with Gasteiger partial charge in [-0.25, -0.2) is 0 Å². The second kappa shape index (κ2) is 3.51. The van der Waals surface area contributed by atoms with Crippen LogP contribution >= 0.6 is 0 Å². The van der Waals surface area contributed by atoms with E-state index in [1.807, 2.05) is 0 Å². The smallest absolute Gasteiger partial charge is 0.110 e. The van der Waals surface area contributed by atoms with Crippen LogP contribution in [0.4, 0.5) is 0 Å². The molecule has 0 aromatic carbocycles. The number of ether oxygens (including phenoxy) is 1. The quantitative estimate of drug-likeness (QED) is 0.392. The minimum absolute atomic E-state index is 0.325. The van der Waals surface area contributed by atoms with E-state index in [-0.39, 0.29) is 6.61 Å². The first-order valence-electron chi connectivity index (χ1n) is 4.30. The minimum atomic E-state index is -1.12. The molecule has 5 heteroatoms. The average Bonchev–Trinajstić information content (AvgIpc) is 2.08. The highest BCUT2D eigenvalue weighted by Crippen LogP contribution is 2.27. The van der Waals surface area contributed by atoms with Crippen molar-refractivity contribution in [3.8, 4) is 0 Å². The fraction of sp³-hybridized carbons (Fsp3) is 1.00. The number of rotatable bonds is 1. The van der Waals surface area contributed by atoms with E-state index in [0.717, 1.165) is 0 Å². The lowest BCUT2D eigenvalue weighted by molar-refractivity contribution is -0.221. The lowest BCUT2D eigenvalue weighted by Crippen LogP contribution is -2.66. The van der Waals surface area contributed by atoms with Crippen molar-refractivity contribution in [2.75, 3.05) is 6.61 Å². The highest BCUT2D eigenvalue weighted by Gasteiger charge is 2.46. The Morgan fingerprint density at radius 1 is 1.31 bits per heavy atom. The van der Waals surface area contributed by atoms with Crippen LogP contribution in [0.3, 0.4) is 0 Å². The van der Waals surface area contributed by atoms with Gasteiger partial charge in [0.1, 0.15) is 18.3 Å². The largest absolute Gasteiger partial charge is 0.394 e. The van der Waals surface area contributed by atoms with Crippen LogP contribution in [0.25, 0.3) is 0 Å². The van der Waals surface area contributed by atoms with Gasteiger partial charge in [-0.2, -0.15) is 0 Å². The molecule has 1 aliphatic heterocycles. The maximum atomic E-state index is 9.52. The van der Waals surface area contributed by atoms with Crippen LogP contribution in [0, 0.1) is 0 Å². The third-order valence-corrected chi connectivity index (χ3v) is 2.54. The topological polar surface area (TPSA) is 95.9 Å². The van der Waals surface area contributed by atoms with Crippen LogP contribution < -0.4 is 5.73 Å². The van der Waals surface area contributed by atoms with E-state index in [1.165, 1.54) is 0 Å². The summed E-state index contributed by atoms with van der Waals surface area (Å²) in [5, 5.41) is 27.8. The maximum absolute atomic E-state index is 9.52. The Morgan fingerprint density at radius 3 is 2.31 bits per heavy atom. The lowest BCUT2D eigenvalue weighted by Gasteiger charge is -2.45. The van der Waals surface area contributed by atoms with Gasteiger partial charge in [0.25, 0.3) is 0 Å². The Hall–Kier alpha value is -0.200. The summed E-state index contributed by atoms with van der Waals surface area (Å²) >= 11 is 0. The molecule has 0 radical (unpaired) electrons. The van der Waals surface area contributed by atoms with E-state index < -0.39 is 30.0 Å². The van der Waals surface area contributed by atoms with Crippen LogP contribution in [0.2, 0.25) is 0 Å². The summed E-state index contributed by atoms with van der Waals surface area (Å²) < 4.78 is 5.33. The molecule has 1 aliphatic rings. The van der Waals surface area contributed by atoms with Gasteiger partial charge in [-0.15, -0.1) is 0 Å². The summed E-state index contributed by atoms with van der Waals surface area (Å²) in [6.45, 7) is 3.11. The van der Waals surface area contributed by atoms with Gasteiger partial charge in [-0.1, -0.05) is 0 Å². The molecule has 1 saturated heterocycles. The third-order valence-electron chi connectivity index (χ3n) is 2.54. The van der Waals surface area contributed by atoms with Crippen molar-refractivity contribution >= 4 is 0 Å². The van der Waals surface area contributed by atoms with Gasteiger partial charge in [0.15, 0.2) is 0 Å². The molecule has 4 unspecified atom stereocenters. The zero-order valence-corrected chi connectivity index (χ0v) is 7.84. The second-order valence-electron chi connectivity index (χ2n) is 3.95. The van der Waals surface area contributed by atoms with Crippen molar-refractivity contribution < 1.29 is 20.1 Å². The van der Waals surface area contributed by atoms with Gasteiger partial charge in [0.05, 0.1) is 18.2 Å². The Labute approximate surface area is 77.1 Å². The van der Waals surface area contributed by atoms with E-state index in [9.17, 15) is 10.2 Å². The minimum Gasteiger partial charge on any atom is -0.394 e. The van der Waals surface area contributed by atoms with Crippen LogP contribution in [-0.2, 0) is 4.74 Å². The first-order chi connectivity index (χ1) is 5.90. The van der Waals surface area contributed by atoms with Crippen LogP contribution in [-0.4, -0.2) is 51.9 Å². The summed E-state index contributed by atoms with van der Waals surface area (Å²) in [6, 6.07) is -0.648. The molecule has 0 aromatic heterocycles. The standard InChI is InChI=1S/C8H17NO4/c1-8(2)7(9)6(12)5(11)4(3-10)13-8/h4-7,10-12H,3,9H2,1-2H3. The van der Waals surface area contributed by atoms with E-state index in [0.29, 0.717) is 0 Å². The molecule has 5 nitrogen and oxygen atoms in total. The molecule has 4 atom stereocenters. The molecule has 1 rings (SSSR count). The van der Waals surface area contributed by atoms with Crippen LogP contribution in [0.5, 0.6) is 0 Å². The van der Waals surface area contributed by atoms with Crippen molar-refractivity contribution in [3.63, 3.8) is 0 Å². The molecule has 0 saturated carbocycles. The molecule has 1 fully saturated rings. The van der Waals surface area contributed by atoms with Crippen molar-refractivity contribution in [1.29, 1.82) is 0 Å². The summed E-state index contributed by atoms with van der Waals surface area (Å²) in [7, 11) is 0. The third kappa shape index (κ3) is 1.84. The van der Waals surface area contributed by atoms with E-state index in [4.69, 9.17) is 15.6 Å². The van der Waals surface area contributed by atoms with Crippen molar-refractivity contribution in [2.45, 2.75) is 43.8 Å². The van der Waals surface area contributed by atoms with E-state index in [2.05, 4.69) is 0 Å². The number of hydrogen-bond acceptors (Lipinski definition) is 5. The summed E-state index contributed by atoms with van der Waals surface area (Å²) in [5.41, 5.74) is 4.92. The number of hydrogen-bond donors (Lipinski definition) is 4. The monoisotopic (exact) mass is 191 g/mol. The highest BCUT2D eigenvalue weighted by atomic mass is 16.5. The predicted octanol–water partition coefficient (Wildman–Crippen LogP) is -1.79. The molecule has 13 heavy (non-hydrogen) atoms.